The molecule has 1 aromatic rings. The van der Waals surface area contributed by atoms with Crippen molar-refractivity contribution < 1.29 is 32.6 Å². The minimum absolute atomic E-state index is 0.00988. The van der Waals surface area contributed by atoms with Crippen LogP contribution in [0.5, 0.6) is 5.75 Å². The minimum atomic E-state index is -4.43. The predicted octanol–water partition coefficient (Wildman–Crippen LogP) is 2.56. The molecule has 8 heteroatoms. The highest BCUT2D eigenvalue weighted by Gasteiger charge is 2.42. The highest BCUT2D eigenvalue weighted by molar-refractivity contribution is 5.95. The number of benzene rings is 1. The zero-order valence-corrected chi connectivity index (χ0v) is 12.4. The van der Waals surface area contributed by atoms with Crippen LogP contribution in [0.25, 0.3) is 0 Å². The SMILES string of the molecule is C[C@@]1(C(=O)O)CCN(C(=O)c2ccc(OCC(F)(F)F)cc2)C1. The number of ether oxygens (including phenoxy) is 1. The molecule has 1 aromatic carbocycles. The molecule has 1 heterocycles. The highest BCUT2D eigenvalue weighted by Crippen LogP contribution is 2.31. The van der Waals surface area contributed by atoms with Crippen LogP contribution in [0.4, 0.5) is 13.2 Å². The Labute approximate surface area is 130 Å². The van der Waals surface area contributed by atoms with Gasteiger partial charge < -0.3 is 14.7 Å². The van der Waals surface area contributed by atoms with Gasteiger partial charge in [0.15, 0.2) is 6.61 Å². The number of carbonyl (C=O) groups is 2. The van der Waals surface area contributed by atoms with E-state index < -0.39 is 24.2 Å². The zero-order chi connectivity index (χ0) is 17.3. The molecule has 23 heavy (non-hydrogen) atoms. The fraction of sp³-hybridized carbons (Fsp3) is 0.467. The summed E-state index contributed by atoms with van der Waals surface area (Å²) in [6.45, 7) is 0.613. The summed E-state index contributed by atoms with van der Waals surface area (Å²) in [6, 6.07) is 5.30. The van der Waals surface area contributed by atoms with Crippen LogP contribution in [0.15, 0.2) is 24.3 Å². The number of hydrogen-bond acceptors (Lipinski definition) is 3. The van der Waals surface area contributed by atoms with E-state index in [1.54, 1.807) is 6.92 Å². The number of hydrogen-bond donors (Lipinski definition) is 1. The molecule has 0 radical (unpaired) electrons. The fourth-order valence-corrected chi connectivity index (χ4v) is 2.35. The Morgan fingerprint density at radius 2 is 1.91 bits per heavy atom. The van der Waals surface area contributed by atoms with E-state index in [0.717, 1.165) is 0 Å². The average molecular weight is 331 g/mol. The van der Waals surface area contributed by atoms with E-state index in [9.17, 15) is 22.8 Å². The third kappa shape index (κ3) is 4.14. The molecule has 1 aliphatic rings. The van der Waals surface area contributed by atoms with Gasteiger partial charge in [-0.25, -0.2) is 0 Å². The number of carboxylic acid groups (broad SMARTS) is 1. The largest absolute Gasteiger partial charge is 0.484 e. The maximum Gasteiger partial charge on any atom is 0.422 e. The number of halogens is 3. The van der Waals surface area contributed by atoms with E-state index in [1.807, 2.05) is 0 Å². The number of alkyl halides is 3. The van der Waals surface area contributed by atoms with Gasteiger partial charge in [0, 0.05) is 18.7 Å². The number of carbonyl (C=O) groups excluding carboxylic acids is 1. The standard InChI is InChI=1S/C15H16F3NO4/c1-14(13(21)22)6-7-19(8-14)12(20)10-2-4-11(5-3-10)23-9-15(16,17)18/h2-5H,6-9H2,1H3,(H,21,22)/t14-/m1/s1. The summed E-state index contributed by atoms with van der Waals surface area (Å²) in [5, 5.41) is 9.16. The number of rotatable bonds is 4. The predicted molar refractivity (Wildman–Crippen MR) is 74.3 cm³/mol. The van der Waals surface area contributed by atoms with Crippen molar-refractivity contribution in [1.82, 2.24) is 4.90 Å². The van der Waals surface area contributed by atoms with Crippen LogP contribution in [0.2, 0.25) is 0 Å². The lowest BCUT2D eigenvalue weighted by atomic mass is 9.90. The molecule has 1 atom stereocenters. The van der Waals surface area contributed by atoms with Crippen LogP contribution in [-0.4, -0.2) is 47.8 Å². The van der Waals surface area contributed by atoms with Gasteiger partial charge in [0.1, 0.15) is 5.75 Å². The van der Waals surface area contributed by atoms with Gasteiger partial charge in [-0.2, -0.15) is 13.2 Å². The maximum atomic E-state index is 12.3. The second kappa shape index (κ2) is 6.10. The molecule has 0 aromatic heterocycles. The Hall–Kier alpha value is -2.25. The smallest absolute Gasteiger partial charge is 0.422 e. The summed E-state index contributed by atoms with van der Waals surface area (Å²) < 4.78 is 40.7. The minimum Gasteiger partial charge on any atom is -0.484 e. The molecule has 0 aliphatic carbocycles. The number of carboxylic acids is 1. The lowest BCUT2D eigenvalue weighted by molar-refractivity contribution is -0.153. The normalized spacial score (nSPS) is 21.3. The first kappa shape index (κ1) is 17.1. The van der Waals surface area contributed by atoms with E-state index in [0.29, 0.717) is 13.0 Å². The van der Waals surface area contributed by atoms with Crippen LogP contribution < -0.4 is 4.74 Å². The third-order valence-electron chi connectivity index (χ3n) is 3.78. The van der Waals surface area contributed by atoms with E-state index in [1.165, 1.54) is 29.2 Å². The molecule has 0 bridgehead atoms. The number of aliphatic carboxylic acids is 1. The van der Waals surface area contributed by atoms with Gasteiger partial charge in [0.05, 0.1) is 5.41 Å². The fourth-order valence-electron chi connectivity index (χ4n) is 2.35. The van der Waals surface area contributed by atoms with Gasteiger partial charge >= 0.3 is 12.1 Å². The molecule has 1 N–H and O–H groups in total. The molecule has 5 nitrogen and oxygen atoms in total. The van der Waals surface area contributed by atoms with Crippen molar-refractivity contribution in [3.8, 4) is 5.75 Å². The molecule has 1 fully saturated rings. The van der Waals surface area contributed by atoms with E-state index in [4.69, 9.17) is 5.11 Å². The molecule has 0 spiro atoms. The van der Waals surface area contributed by atoms with Crippen molar-refractivity contribution in [1.29, 1.82) is 0 Å². The molecule has 0 saturated carbocycles. The summed E-state index contributed by atoms with van der Waals surface area (Å²) in [5.74, 6) is -1.29. The Balaban J connectivity index is 2.00. The van der Waals surface area contributed by atoms with E-state index in [-0.39, 0.29) is 23.8 Å². The lowest BCUT2D eigenvalue weighted by Crippen LogP contribution is -2.34. The average Bonchev–Trinajstić information content (AvgIpc) is 2.88. The summed E-state index contributed by atoms with van der Waals surface area (Å²) in [4.78, 5) is 24.9. The quantitative estimate of drug-likeness (QED) is 0.921. The molecule has 126 valence electrons. The molecule has 0 unspecified atom stereocenters. The van der Waals surface area contributed by atoms with E-state index >= 15 is 0 Å². The van der Waals surface area contributed by atoms with Crippen LogP contribution >= 0.6 is 0 Å². The zero-order valence-electron chi connectivity index (χ0n) is 12.4. The molecular weight excluding hydrogens is 315 g/mol. The van der Waals surface area contributed by atoms with Crippen LogP contribution in [0.1, 0.15) is 23.7 Å². The summed E-state index contributed by atoms with van der Waals surface area (Å²) in [7, 11) is 0. The maximum absolute atomic E-state index is 12.3. The first-order valence-corrected chi connectivity index (χ1v) is 6.93. The summed E-state index contributed by atoms with van der Waals surface area (Å²) in [6.07, 6.45) is -4.06. The lowest BCUT2D eigenvalue weighted by Gasteiger charge is -2.20. The first-order chi connectivity index (χ1) is 10.6. The van der Waals surface area contributed by atoms with Crippen LogP contribution in [0.3, 0.4) is 0 Å². The van der Waals surface area contributed by atoms with Gasteiger partial charge in [-0.3, -0.25) is 9.59 Å². The van der Waals surface area contributed by atoms with Crippen molar-refractivity contribution >= 4 is 11.9 Å². The van der Waals surface area contributed by atoms with Gasteiger partial charge in [-0.15, -0.1) is 0 Å². The van der Waals surface area contributed by atoms with Crippen molar-refractivity contribution in [2.24, 2.45) is 5.41 Å². The second-order valence-corrected chi connectivity index (χ2v) is 5.77. The third-order valence-corrected chi connectivity index (χ3v) is 3.78. The molecule has 1 saturated heterocycles. The number of likely N-dealkylation sites (tertiary alicyclic amines) is 1. The number of amides is 1. The summed E-state index contributed by atoms with van der Waals surface area (Å²) >= 11 is 0. The van der Waals surface area contributed by atoms with Crippen molar-refractivity contribution in [3.63, 3.8) is 0 Å². The van der Waals surface area contributed by atoms with Gasteiger partial charge in [0.25, 0.3) is 5.91 Å². The molecule has 2 rings (SSSR count). The molecule has 1 amide bonds. The van der Waals surface area contributed by atoms with Crippen LogP contribution in [0, 0.1) is 5.41 Å². The highest BCUT2D eigenvalue weighted by atomic mass is 19.4. The van der Waals surface area contributed by atoms with Gasteiger partial charge in [-0.05, 0) is 37.6 Å². The van der Waals surface area contributed by atoms with Gasteiger partial charge in [-0.1, -0.05) is 0 Å². The molecule has 1 aliphatic heterocycles. The Morgan fingerprint density at radius 1 is 1.30 bits per heavy atom. The van der Waals surface area contributed by atoms with Crippen molar-refractivity contribution in [2.75, 3.05) is 19.7 Å². The van der Waals surface area contributed by atoms with Gasteiger partial charge in [0.2, 0.25) is 0 Å². The topological polar surface area (TPSA) is 66.8 Å². The second-order valence-electron chi connectivity index (χ2n) is 5.77. The van der Waals surface area contributed by atoms with E-state index in [2.05, 4.69) is 4.74 Å². The number of nitrogens with zero attached hydrogens (tertiary/aromatic N) is 1. The van der Waals surface area contributed by atoms with Crippen molar-refractivity contribution in [3.05, 3.63) is 29.8 Å². The van der Waals surface area contributed by atoms with Crippen molar-refractivity contribution in [2.45, 2.75) is 19.5 Å². The Bertz CT molecular complexity index is 600. The Kier molecular flexibility index (Phi) is 4.53. The summed E-state index contributed by atoms with van der Waals surface area (Å²) in [5.41, 5.74) is -0.690. The Morgan fingerprint density at radius 3 is 2.39 bits per heavy atom. The molecular formula is C15H16F3NO4. The van der Waals surface area contributed by atoms with Crippen LogP contribution in [-0.2, 0) is 4.79 Å². The monoisotopic (exact) mass is 331 g/mol. The first-order valence-electron chi connectivity index (χ1n) is 6.93.